The van der Waals surface area contributed by atoms with Gasteiger partial charge < -0.3 is 19.5 Å². The third kappa shape index (κ3) is 4.61. The lowest BCUT2D eigenvalue weighted by Crippen LogP contribution is -2.46. The predicted molar refractivity (Wildman–Crippen MR) is 127 cm³/mol. The second kappa shape index (κ2) is 9.36. The minimum atomic E-state index is -2.91. The standard InChI is InChI=1S/C24H24F2N8O2/c1-14-10-27-24(30-19-7-8-28-32(19)3)31-20(14)18-13-33-11-15(2)34(22(35)21(33)29-18)12-16-5-4-6-17(9-16)36-23(25)26/h4-10,13,15,23H,11-12H2,1-3H3,(H,27,30,31). The van der Waals surface area contributed by atoms with Crippen molar-refractivity contribution in [1.29, 1.82) is 0 Å². The number of carbonyl (C=O) groups is 1. The van der Waals surface area contributed by atoms with Crippen LogP contribution in [0, 0.1) is 6.92 Å². The van der Waals surface area contributed by atoms with Crippen LogP contribution in [0.25, 0.3) is 11.4 Å². The number of anilines is 2. The highest BCUT2D eigenvalue weighted by molar-refractivity contribution is 5.92. The largest absolute Gasteiger partial charge is 0.435 e. The molecule has 4 heterocycles. The summed E-state index contributed by atoms with van der Waals surface area (Å²) in [7, 11) is 1.81. The summed E-state index contributed by atoms with van der Waals surface area (Å²) in [6, 6.07) is 8.03. The number of halogens is 2. The number of carbonyl (C=O) groups excluding carboxylic acids is 1. The van der Waals surface area contributed by atoms with E-state index in [2.05, 4.69) is 30.1 Å². The number of benzene rings is 1. The van der Waals surface area contributed by atoms with Crippen LogP contribution in [0.4, 0.5) is 20.5 Å². The average Bonchev–Trinajstić information content (AvgIpc) is 3.44. The van der Waals surface area contributed by atoms with Crippen molar-refractivity contribution in [2.24, 2.45) is 7.05 Å². The molecule has 10 nitrogen and oxygen atoms in total. The van der Waals surface area contributed by atoms with E-state index < -0.39 is 6.61 Å². The van der Waals surface area contributed by atoms with E-state index in [0.717, 1.165) is 11.4 Å². The van der Waals surface area contributed by atoms with Crippen LogP contribution in [0.5, 0.6) is 5.75 Å². The molecule has 0 spiro atoms. The van der Waals surface area contributed by atoms with Crippen molar-refractivity contribution in [2.75, 3.05) is 5.32 Å². The summed E-state index contributed by atoms with van der Waals surface area (Å²) < 4.78 is 33.2. The Morgan fingerprint density at radius 3 is 2.83 bits per heavy atom. The van der Waals surface area contributed by atoms with Gasteiger partial charge in [-0.3, -0.25) is 9.48 Å². The smallest absolute Gasteiger partial charge is 0.387 e. The number of alkyl halides is 2. The van der Waals surface area contributed by atoms with Gasteiger partial charge in [0.25, 0.3) is 5.91 Å². The first kappa shape index (κ1) is 23.4. The van der Waals surface area contributed by atoms with E-state index in [0.29, 0.717) is 35.3 Å². The number of aryl methyl sites for hydroxylation is 2. The number of nitrogens with zero attached hydrogens (tertiary/aromatic N) is 7. The summed E-state index contributed by atoms with van der Waals surface area (Å²) in [5.74, 6) is 1.22. The molecule has 1 unspecified atom stereocenters. The van der Waals surface area contributed by atoms with Crippen LogP contribution >= 0.6 is 0 Å². The number of ether oxygens (including phenoxy) is 1. The van der Waals surface area contributed by atoms with E-state index in [9.17, 15) is 13.6 Å². The molecular formula is C24H24F2N8O2. The summed E-state index contributed by atoms with van der Waals surface area (Å²) >= 11 is 0. The SMILES string of the molecule is Cc1cnc(Nc2ccnn2C)nc1-c1cn2c(n1)C(=O)N(Cc1cccc(OC(F)F)c1)C(C)C2. The second-order valence-electron chi connectivity index (χ2n) is 8.60. The van der Waals surface area contributed by atoms with E-state index in [4.69, 9.17) is 0 Å². The third-order valence-corrected chi connectivity index (χ3v) is 5.97. The van der Waals surface area contributed by atoms with Gasteiger partial charge in [0.05, 0.1) is 11.9 Å². The minimum absolute atomic E-state index is 0.0539. The predicted octanol–water partition coefficient (Wildman–Crippen LogP) is 3.77. The van der Waals surface area contributed by atoms with Gasteiger partial charge in [-0.05, 0) is 37.1 Å². The van der Waals surface area contributed by atoms with Gasteiger partial charge in [0.2, 0.25) is 5.95 Å². The van der Waals surface area contributed by atoms with Crippen molar-refractivity contribution >= 4 is 17.7 Å². The molecule has 3 aromatic heterocycles. The topological polar surface area (TPSA) is 103 Å². The highest BCUT2D eigenvalue weighted by Crippen LogP contribution is 2.27. The van der Waals surface area contributed by atoms with Gasteiger partial charge in [0.15, 0.2) is 5.82 Å². The Kier molecular flexibility index (Phi) is 6.08. The highest BCUT2D eigenvalue weighted by Gasteiger charge is 2.32. The van der Waals surface area contributed by atoms with Gasteiger partial charge in [-0.15, -0.1) is 0 Å². The lowest BCUT2D eigenvalue weighted by atomic mass is 10.1. The molecule has 1 atom stereocenters. The summed E-state index contributed by atoms with van der Waals surface area (Å²) in [6.07, 6.45) is 5.19. The summed E-state index contributed by atoms with van der Waals surface area (Å²) in [4.78, 5) is 28.6. The zero-order valence-electron chi connectivity index (χ0n) is 19.9. The fourth-order valence-corrected chi connectivity index (χ4v) is 4.17. The molecule has 1 aliphatic rings. The zero-order valence-corrected chi connectivity index (χ0v) is 19.9. The molecule has 36 heavy (non-hydrogen) atoms. The molecule has 186 valence electrons. The Morgan fingerprint density at radius 1 is 1.25 bits per heavy atom. The number of hydrogen-bond acceptors (Lipinski definition) is 7. The number of aromatic nitrogens is 6. The fraction of sp³-hybridized carbons (Fsp3) is 0.292. The molecule has 0 saturated heterocycles. The van der Waals surface area contributed by atoms with E-state index in [1.807, 2.05) is 37.7 Å². The number of imidazole rings is 1. The summed E-state index contributed by atoms with van der Waals surface area (Å²) in [5.41, 5.74) is 2.67. The van der Waals surface area contributed by atoms with Gasteiger partial charge >= 0.3 is 6.61 Å². The molecule has 0 aliphatic carbocycles. The third-order valence-electron chi connectivity index (χ3n) is 5.97. The van der Waals surface area contributed by atoms with Crippen LogP contribution in [0.15, 0.2) is 48.9 Å². The Balaban J connectivity index is 1.40. The van der Waals surface area contributed by atoms with Crippen molar-refractivity contribution in [3.05, 3.63) is 65.9 Å². The zero-order chi connectivity index (χ0) is 25.4. The molecule has 4 aromatic rings. The molecule has 0 bridgehead atoms. The number of fused-ring (bicyclic) bond motifs is 1. The fourth-order valence-electron chi connectivity index (χ4n) is 4.17. The number of amides is 1. The maximum absolute atomic E-state index is 13.4. The quantitative estimate of drug-likeness (QED) is 0.417. The average molecular weight is 495 g/mol. The summed E-state index contributed by atoms with van der Waals surface area (Å²) in [5, 5.41) is 7.25. The van der Waals surface area contributed by atoms with Crippen molar-refractivity contribution in [3.63, 3.8) is 0 Å². The van der Waals surface area contributed by atoms with Crippen LogP contribution in [-0.2, 0) is 20.1 Å². The van der Waals surface area contributed by atoms with Crippen LogP contribution in [0.1, 0.15) is 28.7 Å². The van der Waals surface area contributed by atoms with Crippen molar-refractivity contribution in [3.8, 4) is 17.1 Å². The Hall–Kier alpha value is -4.35. The monoisotopic (exact) mass is 494 g/mol. The van der Waals surface area contributed by atoms with Gasteiger partial charge in [-0.25, -0.2) is 15.0 Å². The molecule has 12 heteroatoms. The second-order valence-corrected chi connectivity index (χ2v) is 8.60. The van der Waals surface area contributed by atoms with E-state index in [-0.39, 0.29) is 24.2 Å². The molecule has 1 N–H and O–H groups in total. The first-order chi connectivity index (χ1) is 17.3. The lowest BCUT2D eigenvalue weighted by Gasteiger charge is -2.33. The lowest BCUT2D eigenvalue weighted by molar-refractivity contribution is -0.0499. The molecule has 0 saturated carbocycles. The number of hydrogen-bond donors (Lipinski definition) is 1. The maximum Gasteiger partial charge on any atom is 0.387 e. The molecule has 5 rings (SSSR count). The molecule has 0 fully saturated rings. The Labute approximate surface area is 205 Å². The van der Waals surface area contributed by atoms with Crippen LogP contribution in [0.2, 0.25) is 0 Å². The normalized spacial score (nSPS) is 15.3. The van der Waals surface area contributed by atoms with Gasteiger partial charge in [0, 0.05) is 44.6 Å². The van der Waals surface area contributed by atoms with Crippen LogP contribution in [0.3, 0.4) is 0 Å². The maximum atomic E-state index is 13.4. The highest BCUT2D eigenvalue weighted by atomic mass is 19.3. The van der Waals surface area contributed by atoms with Crippen LogP contribution in [-0.4, -0.2) is 52.8 Å². The van der Waals surface area contributed by atoms with Crippen molar-refractivity contribution in [1.82, 2.24) is 34.2 Å². The van der Waals surface area contributed by atoms with E-state index in [1.54, 1.807) is 34.1 Å². The molecule has 1 aromatic carbocycles. The van der Waals surface area contributed by atoms with Crippen molar-refractivity contribution < 1.29 is 18.3 Å². The van der Waals surface area contributed by atoms with E-state index >= 15 is 0 Å². The Bertz CT molecular complexity index is 1420. The van der Waals surface area contributed by atoms with E-state index in [1.165, 1.54) is 12.1 Å². The van der Waals surface area contributed by atoms with Gasteiger partial charge in [-0.1, -0.05) is 12.1 Å². The van der Waals surface area contributed by atoms with Crippen LogP contribution < -0.4 is 10.1 Å². The first-order valence-corrected chi connectivity index (χ1v) is 11.3. The molecule has 1 aliphatic heterocycles. The molecular weight excluding hydrogens is 470 g/mol. The molecule has 0 radical (unpaired) electrons. The number of rotatable bonds is 7. The Morgan fingerprint density at radius 2 is 2.08 bits per heavy atom. The van der Waals surface area contributed by atoms with Gasteiger partial charge in [0.1, 0.15) is 17.3 Å². The summed E-state index contributed by atoms with van der Waals surface area (Å²) in [6.45, 7) is 1.68. The minimum Gasteiger partial charge on any atom is -0.435 e. The number of nitrogens with one attached hydrogen (secondary N) is 1. The first-order valence-electron chi connectivity index (χ1n) is 11.3. The van der Waals surface area contributed by atoms with Crippen molar-refractivity contribution in [2.45, 2.75) is 39.6 Å². The molecule has 1 amide bonds. The van der Waals surface area contributed by atoms with Gasteiger partial charge in [-0.2, -0.15) is 13.9 Å².